The van der Waals surface area contributed by atoms with Gasteiger partial charge in [-0.15, -0.1) is 11.3 Å². The van der Waals surface area contributed by atoms with Crippen LogP contribution in [0.1, 0.15) is 11.4 Å². The number of likely N-dealkylation sites (N-methyl/N-ethyl adjacent to an activating group) is 1. The SMILES string of the molecule is Cc1cccc(-c2nc(CCN(C)S(=O)(=O)c3ccc(Cl)s3)no2)c1. The molecule has 0 N–H and O–H groups in total. The molecule has 9 heteroatoms. The van der Waals surface area contributed by atoms with Gasteiger partial charge < -0.3 is 4.52 Å². The summed E-state index contributed by atoms with van der Waals surface area (Å²) in [7, 11) is -2.04. The van der Waals surface area contributed by atoms with Crippen LogP contribution in [0.4, 0.5) is 0 Å². The molecule has 132 valence electrons. The lowest BCUT2D eigenvalue weighted by Gasteiger charge is -2.14. The van der Waals surface area contributed by atoms with E-state index in [9.17, 15) is 8.42 Å². The first-order valence-corrected chi connectivity index (χ1v) is 10.1. The molecule has 0 spiro atoms. The maximum absolute atomic E-state index is 12.4. The second kappa shape index (κ2) is 7.25. The van der Waals surface area contributed by atoms with E-state index in [1.165, 1.54) is 17.4 Å². The highest BCUT2D eigenvalue weighted by Crippen LogP contribution is 2.27. The fraction of sp³-hybridized carbons (Fsp3) is 0.250. The van der Waals surface area contributed by atoms with Crippen LogP contribution in [0, 0.1) is 6.92 Å². The van der Waals surface area contributed by atoms with Crippen LogP contribution < -0.4 is 0 Å². The number of rotatable bonds is 6. The average molecular weight is 398 g/mol. The van der Waals surface area contributed by atoms with Gasteiger partial charge in [0, 0.05) is 25.6 Å². The predicted octanol–water partition coefficient (Wildman–Crippen LogP) is 3.62. The first-order chi connectivity index (χ1) is 11.9. The molecule has 0 saturated carbocycles. The number of aryl methyl sites for hydroxylation is 1. The quantitative estimate of drug-likeness (QED) is 0.634. The van der Waals surface area contributed by atoms with Crippen LogP contribution in [0.3, 0.4) is 0 Å². The number of hydrogen-bond acceptors (Lipinski definition) is 6. The van der Waals surface area contributed by atoms with Crippen LogP contribution in [0.2, 0.25) is 4.34 Å². The first kappa shape index (κ1) is 18.1. The van der Waals surface area contributed by atoms with E-state index in [-0.39, 0.29) is 10.8 Å². The molecule has 0 radical (unpaired) electrons. The van der Waals surface area contributed by atoms with Gasteiger partial charge in [0.25, 0.3) is 15.9 Å². The molecule has 0 atom stereocenters. The number of thiophene rings is 1. The average Bonchev–Trinajstić information content (AvgIpc) is 3.22. The van der Waals surface area contributed by atoms with Crippen LogP contribution >= 0.6 is 22.9 Å². The van der Waals surface area contributed by atoms with Crippen molar-refractivity contribution in [1.82, 2.24) is 14.4 Å². The number of nitrogens with zero attached hydrogens (tertiary/aromatic N) is 3. The van der Waals surface area contributed by atoms with E-state index >= 15 is 0 Å². The molecule has 1 aromatic carbocycles. The molecule has 6 nitrogen and oxygen atoms in total. The monoisotopic (exact) mass is 397 g/mol. The van der Waals surface area contributed by atoms with Crippen LogP contribution in [-0.2, 0) is 16.4 Å². The third-order valence-electron chi connectivity index (χ3n) is 3.60. The molecule has 2 heterocycles. The van der Waals surface area contributed by atoms with Crippen molar-refractivity contribution in [2.45, 2.75) is 17.6 Å². The Morgan fingerprint density at radius 2 is 2.08 bits per heavy atom. The highest BCUT2D eigenvalue weighted by molar-refractivity contribution is 7.91. The Balaban J connectivity index is 1.68. The number of benzene rings is 1. The maximum Gasteiger partial charge on any atom is 0.257 e. The summed E-state index contributed by atoms with van der Waals surface area (Å²) in [5, 5.41) is 3.93. The fourth-order valence-electron chi connectivity index (χ4n) is 2.22. The summed E-state index contributed by atoms with van der Waals surface area (Å²) >= 11 is 6.85. The molecule has 0 aliphatic rings. The molecule has 0 aliphatic heterocycles. The summed E-state index contributed by atoms with van der Waals surface area (Å²) in [4.78, 5) is 4.33. The zero-order valence-electron chi connectivity index (χ0n) is 13.6. The van der Waals surface area contributed by atoms with Crippen molar-refractivity contribution in [3.8, 4) is 11.5 Å². The molecule has 0 aliphatic carbocycles. The minimum atomic E-state index is -3.56. The highest BCUT2D eigenvalue weighted by atomic mass is 35.5. The third-order valence-corrected chi connectivity index (χ3v) is 7.15. The number of sulfonamides is 1. The fourth-order valence-corrected chi connectivity index (χ4v) is 5.08. The van der Waals surface area contributed by atoms with Crippen LogP contribution in [-0.4, -0.2) is 36.5 Å². The topological polar surface area (TPSA) is 76.3 Å². The Kier molecular flexibility index (Phi) is 5.24. The van der Waals surface area contributed by atoms with Crippen molar-refractivity contribution in [2.75, 3.05) is 13.6 Å². The van der Waals surface area contributed by atoms with Gasteiger partial charge in [-0.25, -0.2) is 8.42 Å². The van der Waals surface area contributed by atoms with Crippen molar-refractivity contribution < 1.29 is 12.9 Å². The molecular weight excluding hydrogens is 382 g/mol. The van der Waals surface area contributed by atoms with Gasteiger partial charge in [-0.2, -0.15) is 9.29 Å². The second-order valence-electron chi connectivity index (χ2n) is 5.52. The molecule has 3 rings (SSSR count). The van der Waals surface area contributed by atoms with Crippen LogP contribution in [0.5, 0.6) is 0 Å². The summed E-state index contributed by atoms with van der Waals surface area (Å²) < 4.78 is 32.1. The second-order valence-corrected chi connectivity index (χ2v) is 9.51. The Morgan fingerprint density at radius 3 is 2.76 bits per heavy atom. The third kappa shape index (κ3) is 4.09. The van der Waals surface area contributed by atoms with E-state index in [1.54, 1.807) is 6.07 Å². The number of aromatic nitrogens is 2. The van der Waals surface area contributed by atoms with E-state index in [2.05, 4.69) is 10.1 Å². The van der Waals surface area contributed by atoms with Gasteiger partial charge >= 0.3 is 0 Å². The lowest BCUT2D eigenvalue weighted by atomic mass is 10.1. The first-order valence-electron chi connectivity index (χ1n) is 7.47. The maximum atomic E-state index is 12.4. The normalized spacial score (nSPS) is 12.0. The largest absolute Gasteiger partial charge is 0.334 e. The molecule has 25 heavy (non-hydrogen) atoms. The number of halogens is 1. The van der Waals surface area contributed by atoms with Gasteiger partial charge in [-0.3, -0.25) is 0 Å². The molecule has 2 aromatic heterocycles. The molecule has 0 amide bonds. The predicted molar refractivity (Wildman–Crippen MR) is 97.3 cm³/mol. The zero-order valence-corrected chi connectivity index (χ0v) is 16.0. The molecular formula is C16H16ClN3O3S2. The lowest BCUT2D eigenvalue weighted by Crippen LogP contribution is -2.28. The van der Waals surface area contributed by atoms with Gasteiger partial charge in [-0.1, -0.05) is 34.5 Å². The van der Waals surface area contributed by atoms with Gasteiger partial charge in [0.2, 0.25) is 0 Å². The van der Waals surface area contributed by atoms with Gasteiger partial charge in [-0.05, 0) is 31.2 Å². The van der Waals surface area contributed by atoms with Gasteiger partial charge in [0.05, 0.1) is 4.34 Å². The van der Waals surface area contributed by atoms with Crippen molar-refractivity contribution >= 4 is 33.0 Å². The molecule has 0 fully saturated rings. The lowest BCUT2D eigenvalue weighted by molar-refractivity contribution is 0.415. The molecule has 0 unspecified atom stereocenters. The van der Waals surface area contributed by atoms with Crippen molar-refractivity contribution in [1.29, 1.82) is 0 Å². The summed E-state index contributed by atoms with van der Waals surface area (Å²) in [5.74, 6) is 0.886. The summed E-state index contributed by atoms with van der Waals surface area (Å²) in [6, 6.07) is 10.8. The summed E-state index contributed by atoms with van der Waals surface area (Å²) in [6.07, 6.45) is 0.351. The van der Waals surface area contributed by atoms with E-state index in [4.69, 9.17) is 16.1 Å². The molecule has 0 bridgehead atoms. The smallest absolute Gasteiger partial charge is 0.257 e. The van der Waals surface area contributed by atoms with E-state index in [0.29, 0.717) is 22.5 Å². The van der Waals surface area contributed by atoms with E-state index < -0.39 is 10.0 Å². The van der Waals surface area contributed by atoms with Crippen molar-refractivity contribution in [2.24, 2.45) is 0 Å². The van der Waals surface area contributed by atoms with Gasteiger partial charge in [0.15, 0.2) is 5.82 Å². The summed E-state index contributed by atoms with van der Waals surface area (Å²) in [6.45, 7) is 2.22. The minimum absolute atomic E-state index is 0.216. The summed E-state index contributed by atoms with van der Waals surface area (Å²) in [5.41, 5.74) is 1.94. The highest BCUT2D eigenvalue weighted by Gasteiger charge is 2.23. The van der Waals surface area contributed by atoms with Crippen molar-refractivity contribution in [3.05, 3.63) is 52.1 Å². The van der Waals surface area contributed by atoms with E-state index in [1.807, 2.05) is 31.2 Å². The Hall–Kier alpha value is -1.74. The van der Waals surface area contributed by atoms with Gasteiger partial charge in [0.1, 0.15) is 4.21 Å². The van der Waals surface area contributed by atoms with Crippen LogP contribution in [0.15, 0.2) is 45.1 Å². The molecule has 3 aromatic rings. The zero-order chi connectivity index (χ0) is 18.0. The minimum Gasteiger partial charge on any atom is -0.334 e. The van der Waals surface area contributed by atoms with Crippen molar-refractivity contribution in [3.63, 3.8) is 0 Å². The number of hydrogen-bond donors (Lipinski definition) is 0. The van der Waals surface area contributed by atoms with Crippen LogP contribution in [0.25, 0.3) is 11.5 Å². The standard InChI is InChI=1S/C16H16ClN3O3S2/c1-11-4-3-5-12(10-11)16-18-14(19-23-16)8-9-20(2)25(21,22)15-7-6-13(17)24-15/h3-7,10H,8-9H2,1-2H3. The van der Waals surface area contributed by atoms with E-state index in [0.717, 1.165) is 22.5 Å². The Morgan fingerprint density at radius 1 is 1.28 bits per heavy atom. The molecule has 0 saturated heterocycles. The Bertz CT molecular complexity index is 982. The Labute approximate surface area is 155 Å².